The summed E-state index contributed by atoms with van der Waals surface area (Å²) in [5.41, 5.74) is 0.203. The second-order valence-electron chi connectivity index (χ2n) is 10.4. The summed E-state index contributed by atoms with van der Waals surface area (Å²) in [5.74, 6) is -2.78. The molecule has 0 atom stereocenters. The molecule has 1 aliphatic rings. The summed E-state index contributed by atoms with van der Waals surface area (Å²) in [5, 5.41) is 0. The summed E-state index contributed by atoms with van der Waals surface area (Å²) in [7, 11) is 0. The number of unbranched alkanes of at least 4 members (excludes halogenated alkanes) is 2. The lowest BCUT2D eigenvalue weighted by atomic mass is 9.77. The van der Waals surface area contributed by atoms with E-state index in [0.717, 1.165) is 55.4 Å². The molecule has 208 valence electrons. The Labute approximate surface area is 224 Å². The Morgan fingerprint density at radius 3 is 1.90 bits per heavy atom. The van der Waals surface area contributed by atoms with E-state index in [0.29, 0.717) is 12.0 Å². The van der Waals surface area contributed by atoms with Gasteiger partial charge in [0.1, 0.15) is 23.3 Å². The second kappa shape index (κ2) is 12.4. The number of allylic oxidation sites excluding steroid dienone is 1. The maximum absolute atomic E-state index is 15.1. The molecule has 3 aromatic carbocycles. The summed E-state index contributed by atoms with van der Waals surface area (Å²) in [6, 6.07) is 10.4. The quantitative estimate of drug-likeness (QED) is 0.194. The maximum Gasteiger partial charge on any atom is 0.409 e. The Hall–Kier alpha value is -3.09. The minimum absolute atomic E-state index is 0.157. The Bertz CT molecular complexity index is 1290. The lowest BCUT2D eigenvalue weighted by Gasteiger charge is -2.29. The van der Waals surface area contributed by atoms with Crippen molar-refractivity contribution < 1.29 is 30.7 Å². The molecule has 0 N–H and O–H groups in total. The first-order chi connectivity index (χ1) is 18.6. The van der Waals surface area contributed by atoms with E-state index >= 15 is 8.78 Å². The average Bonchev–Trinajstić information content (AvgIpc) is 2.88. The average molecular weight is 549 g/mol. The van der Waals surface area contributed by atoms with Gasteiger partial charge in [-0.1, -0.05) is 56.9 Å². The monoisotopic (exact) mass is 548 g/mol. The number of hydrogen-bond donors (Lipinski definition) is 0. The molecule has 0 aliphatic heterocycles. The van der Waals surface area contributed by atoms with Crippen molar-refractivity contribution in [3.05, 3.63) is 89.0 Å². The van der Waals surface area contributed by atoms with Gasteiger partial charge in [-0.15, -0.1) is 0 Å². The Morgan fingerprint density at radius 1 is 0.718 bits per heavy atom. The molecule has 0 aromatic heterocycles. The van der Waals surface area contributed by atoms with Crippen molar-refractivity contribution >= 4 is 6.08 Å². The molecular weight excluding hydrogens is 517 g/mol. The minimum atomic E-state index is -4.74. The van der Waals surface area contributed by atoms with Gasteiger partial charge in [0, 0.05) is 22.8 Å². The topological polar surface area (TPSA) is 0 Å². The van der Waals surface area contributed by atoms with Gasteiger partial charge in [-0.3, -0.25) is 0 Å². The third kappa shape index (κ3) is 7.31. The van der Waals surface area contributed by atoms with Gasteiger partial charge in [-0.2, -0.15) is 13.2 Å². The van der Waals surface area contributed by atoms with Crippen LogP contribution in [0.2, 0.25) is 0 Å². The summed E-state index contributed by atoms with van der Waals surface area (Å²) >= 11 is 0. The molecule has 7 heteroatoms. The largest absolute Gasteiger partial charge is 0.409 e. The number of alkyl halides is 3. The van der Waals surface area contributed by atoms with Crippen LogP contribution in [0.15, 0.2) is 54.6 Å². The Kier molecular flexibility index (Phi) is 9.19. The van der Waals surface area contributed by atoms with E-state index in [1.54, 1.807) is 6.07 Å². The van der Waals surface area contributed by atoms with E-state index in [4.69, 9.17) is 0 Å². The molecule has 1 fully saturated rings. The van der Waals surface area contributed by atoms with Crippen molar-refractivity contribution in [1.82, 2.24) is 0 Å². The van der Waals surface area contributed by atoms with Gasteiger partial charge in [-0.25, -0.2) is 17.6 Å². The van der Waals surface area contributed by atoms with Gasteiger partial charge in [0.05, 0.1) is 0 Å². The van der Waals surface area contributed by atoms with Crippen LogP contribution in [0.25, 0.3) is 28.3 Å². The van der Waals surface area contributed by atoms with Gasteiger partial charge in [0.2, 0.25) is 0 Å². The third-order valence-electron chi connectivity index (χ3n) is 7.64. The molecule has 0 radical (unpaired) electrons. The molecule has 1 saturated carbocycles. The van der Waals surface area contributed by atoms with E-state index in [1.807, 2.05) is 6.07 Å². The van der Waals surface area contributed by atoms with E-state index in [-0.39, 0.29) is 28.3 Å². The summed E-state index contributed by atoms with van der Waals surface area (Å²) in [4.78, 5) is 0. The molecule has 3 aromatic rings. The first-order valence-electron chi connectivity index (χ1n) is 13.4. The van der Waals surface area contributed by atoms with Crippen LogP contribution in [-0.4, -0.2) is 6.18 Å². The van der Waals surface area contributed by atoms with Crippen molar-refractivity contribution in [3.63, 3.8) is 0 Å². The lowest BCUT2D eigenvalue weighted by Crippen LogP contribution is -2.13. The van der Waals surface area contributed by atoms with Gasteiger partial charge in [0.25, 0.3) is 0 Å². The normalized spacial score (nSPS) is 18.2. The van der Waals surface area contributed by atoms with E-state index < -0.39 is 35.0 Å². The number of benzene rings is 3. The predicted molar refractivity (Wildman–Crippen MR) is 141 cm³/mol. The zero-order chi connectivity index (χ0) is 28.2. The molecule has 0 spiro atoms. The zero-order valence-electron chi connectivity index (χ0n) is 21.7. The second-order valence-corrected chi connectivity index (χ2v) is 10.4. The molecule has 0 bridgehead atoms. The molecule has 0 saturated heterocycles. The molecule has 39 heavy (non-hydrogen) atoms. The third-order valence-corrected chi connectivity index (χ3v) is 7.64. The highest BCUT2D eigenvalue weighted by atomic mass is 19.4. The van der Waals surface area contributed by atoms with Crippen molar-refractivity contribution in [2.45, 2.75) is 70.4 Å². The summed E-state index contributed by atoms with van der Waals surface area (Å²) in [6.45, 7) is 2.20. The summed E-state index contributed by atoms with van der Waals surface area (Å²) in [6.07, 6.45) is 4.61. The molecule has 0 unspecified atom stereocenters. The molecular formula is C32H31F7. The van der Waals surface area contributed by atoms with Crippen molar-refractivity contribution in [3.8, 4) is 22.3 Å². The van der Waals surface area contributed by atoms with E-state index in [1.165, 1.54) is 43.9 Å². The Balaban J connectivity index is 1.49. The molecule has 0 amide bonds. The fourth-order valence-electron chi connectivity index (χ4n) is 5.48. The van der Waals surface area contributed by atoms with Crippen LogP contribution in [0, 0.1) is 29.2 Å². The first kappa shape index (κ1) is 28.9. The summed E-state index contributed by atoms with van der Waals surface area (Å²) < 4.78 is 96.0. The van der Waals surface area contributed by atoms with E-state index in [9.17, 15) is 22.0 Å². The van der Waals surface area contributed by atoms with Crippen LogP contribution < -0.4 is 0 Å². The fraction of sp³-hybridized carbons (Fsp3) is 0.375. The van der Waals surface area contributed by atoms with Crippen LogP contribution in [0.4, 0.5) is 30.7 Å². The van der Waals surface area contributed by atoms with Gasteiger partial charge in [0.15, 0.2) is 0 Å². The standard InChI is InChI=1S/C32H31F7/c1-2-3-4-5-20-6-8-21(9-7-20)22-10-12-25(28(33)16-22)23-11-13-26(29(34)17-23)24-18-30(35)27(31(36)19-24)14-15-32(37,38)39/h10-21H,2-9H2,1H3. The highest BCUT2D eigenvalue weighted by Crippen LogP contribution is 2.39. The molecule has 1 aliphatic carbocycles. The Morgan fingerprint density at radius 2 is 1.31 bits per heavy atom. The van der Waals surface area contributed by atoms with Gasteiger partial charge in [-0.05, 0) is 84.6 Å². The highest BCUT2D eigenvalue weighted by molar-refractivity contribution is 5.72. The predicted octanol–water partition coefficient (Wildman–Crippen LogP) is 11.0. The van der Waals surface area contributed by atoms with Crippen LogP contribution in [0.3, 0.4) is 0 Å². The fourth-order valence-corrected chi connectivity index (χ4v) is 5.48. The van der Waals surface area contributed by atoms with E-state index in [2.05, 4.69) is 6.92 Å². The zero-order valence-corrected chi connectivity index (χ0v) is 21.7. The SMILES string of the molecule is CCCCCC1CCC(c2ccc(-c3ccc(-c4cc(F)c(C=CC(F)(F)F)c(F)c4)c(F)c3)c(F)c2)CC1. The lowest BCUT2D eigenvalue weighted by molar-refractivity contribution is -0.0790. The molecule has 0 nitrogen and oxygen atoms in total. The van der Waals surface area contributed by atoms with Crippen LogP contribution in [0.5, 0.6) is 0 Å². The van der Waals surface area contributed by atoms with Crippen molar-refractivity contribution in [2.24, 2.45) is 5.92 Å². The molecule has 4 rings (SSSR count). The number of halogens is 7. The first-order valence-corrected chi connectivity index (χ1v) is 13.4. The number of hydrogen-bond acceptors (Lipinski definition) is 0. The van der Waals surface area contributed by atoms with Gasteiger partial charge < -0.3 is 0 Å². The van der Waals surface area contributed by atoms with Crippen molar-refractivity contribution in [1.29, 1.82) is 0 Å². The molecule has 0 heterocycles. The van der Waals surface area contributed by atoms with Crippen LogP contribution >= 0.6 is 0 Å². The smallest absolute Gasteiger partial charge is 0.206 e. The van der Waals surface area contributed by atoms with Gasteiger partial charge >= 0.3 is 6.18 Å². The van der Waals surface area contributed by atoms with Crippen LogP contribution in [-0.2, 0) is 0 Å². The van der Waals surface area contributed by atoms with Crippen molar-refractivity contribution in [2.75, 3.05) is 0 Å². The van der Waals surface area contributed by atoms with Crippen LogP contribution in [0.1, 0.15) is 75.3 Å². The maximum atomic E-state index is 15.1. The minimum Gasteiger partial charge on any atom is -0.206 e. The highest BCUT2D eigenvalue weighted by Gasteiger charge is 2.24. The number of rotatable bonds is 8.